The number of halogens is 1. The van der Waals surface area contributed by atoms with Crippen LogP contribution in [0.15, 0.2) is 36.8 Å². The number of fused-ring (bicyclic) bond motifs is 1. The summed E-state index contributed by atoms with van der Waals surface area (Å²) in [7, 11) is 0. The number of aromatic nitrogens is 5. The summed E-state index contributed by atoms with van der Waals surface area (Å²) < 4.78 is 14.4. The largest absolute Gasteiger partial charge is 0.349 e. The molecule has 2 aliphatic rings. The first-order valence-electron chi connectivity index (χ1n) is 10.4. The molecular formula is C22H22FN7O. The molecule has 9 heteroatoms. The maximum atomic E-state index is 14.4. The summed E-state index contributed by atoms with van der Waals surface area (Å²) in [6.45, 7) is 5.27. The minimum atomic E-state index is -0.592. The van der Waals surface area contributed by atoms with Gasteiger partial charge in [0.15, 0.2) is 11.6 Å². The molecule has 0 aromatic carbocycles. The van der Waals surface area contributed by atoms with E-state index in [4.69, 9.17) is 0 Å². The lowest BCUT2D eigenvalue weighted by Crippen LogP contribution is -2.36. The summed E-state index contributed by atoms with van der Waals surface area (Å²) >= 11 is 0. The van der Waals surface area contributed by atoms with Crippen LogP contribution in [0.4, 0.5) is 15.9 Å². The minimum absolute atomic E-state index is 0.0187. The second kappa shape index (κ2) is 7.64. The maximum Gasteiger partial charge on any atom is 0.227 e. The first kappa shape index (κ1) is 19.5. The Morgan fingerprint density at radius 2 is 1.87 bits per heavy atom. The third kappa shape index (κ3) is 3.60. The summed E-state index contributed by atoms with van der Waals surface area (Å²) in [6.07, 6.45) is 6.26. The van der Waals surface area contributed by atoms with Crippen LogP contribution in [0.5, 0.6) is 0 Å². The highest BCUT2D eigenvalue weighted by atomic mass is 19.1. The van der Waals surface area contributed by atoms with E-state index < -0.39 is 5.95 Å². The number of amides is 1. The van der Waals surface area contributed by atoms with Crippen LogP contribution in [0.2, 0.25) is 0 Å². The third-order valence-corrected chi connectivity index (χ3v) is 5.86. The van der Waals surface area contributed by atoms with Gasteiger partial charge in [-0.1, -0.05) is 6.92 Å². The molecule has 3 aromatic heterocycles. The number of rotatable bonds is 3. The monoisotopic (exact) mass is 419 g/mol. The molecule has 1 saturated heterocycles. The lowest BCUT2D eigenvalue weighted by molar-refractivity contribution is -0.117. The molecule has 158 valence electrons. The van der Waals surface area contributed by atoms with Gasteiger partial charge in [0.05, 0.1) is 17.4 Å². The molecule has 1 fully saturated rings. The number of carbonyl (C=O) groups excluding carboxylic acids is 1. The van der Waals surface area contributed by atoms with Gasteiger partial charge in [-0.25, -0.2) is 24.9 Å². The van der Waals surface area contributed by atoms with Crippen LogP contribution >= 0.6 is 0 Å². The van der Waals surface area contributed by atoms with Crippen molar-refractivity contribution in [2.45, 2.75) is 32.7 Å². The molecule has 0 spiro atoms. The topological polar surface area (TPSA) is 88.0 Å². The molecule has 8 nitrogen and oxygen atoms in total. The van der Waals surface area contributed by atoms with E-state index >= 15 is 0 Å². The molecule has 31 heavy (non-hydrogen) atoms. The van der Waals surface area contributed by atoms with E-state index in [0.29, 0.717) is 49.1 Å². The van der Waals surface area contributed by atoms with Crippen molar-refractivity contribution >= 4 is 17.4 Å². The molecule has 0 bridgehead atoms. The second-order valence-corrected chi connectivity index (χ2v) is 8.11. The second-order valence-electron chi connectivity index (χ2n) is 8.11. The summed E-state index contributed by atoms with van der Waals surface area (Å²) in [6, 6.07) is 4.79. The van der Waals surface area contributed by atoms with Gasteiger partial charge in [0.25, 0.3) is 0 Å². The molecule has 1 amide bonds. The highest BCUT2D eigenvalue weighted by Crippen LogP contribution is 2.35. The zero-order valence-electron chi connectivity index (χ0n) is 17.4. The van der Waals surface area contributed by atoms with Crippen molar-refractivity contribution < 1.29 is 9.18 Å². The van der Waals surface area contributed by atoms with Crippen LogP contribution in [0.1, 0.15) is 37.6 Å². The Bertz CT molecular complexity index is 1140. The van der Waals surface area contributed by atoms with Gasteiger partial charge in [-0.3, -0.25) is 4.79 Å². The fourth-order valence-corrected chi connectivity index (χ4v) is 4.31. The zero-order chi connectivity index (χ0) is 21.5. The quantitative estimate of drug-likeness (QED) is 0.603. The summed E-state index contributed by atoms with van der Waals surface area (Å²) in [5.41, 5.74) is 2.45. The fraction of sp³-hybridized carbons (Fsp3) is 0.364. The molecule has 2 atom stereocenters. The molecule has 2 unspecified atom stereocenters. The fourth-order valence-electron chi connectivity index (χ4n) is 4.31. The van der Waals surface area contributed by atoms with E-state index in [1.807, 2.05) is 18.7 Å². The van der Waals surface area contributed by atoms with Crippen LogP contribution in [0.3, 0.4) is 0 Å². The van der Waals surface area contributed by atoms with Gasteiger partial charge in [0.2, 0.25) is 11.9 Å². The van der Waals surface area contributed by atoms with Crippen molar-refractivity contribution in [2.75, 3.05) is 22.9 Å². The predicted molar refractivity (Wildman–Crippen MR) is 113 cm³/mol. The van der Waals surface area contributed by atoms with E-state index in [-0.39, 0.29) is 17.9 Å². The minimum Gasteiger partial charge on any atom is -0.349 e. The Hall–Kier alpha value is -3.49. The van der Waals surface area contributed by atoms with E-state index in [0.717, 1.165) is 11.3 Å². The number of pyridine rings is 1. The Morgan fingerprint density at radius 1 is 1.06 bits per heavy atom. The van der Waals surface area contributed by atoms with Crippen molar-refractivity contribution in [2.24, 2.45) is 5.92 Å². The lowest BCUT2D eigenvalue weighted by Gasteiger charge is -2.35. The summed E-state index contributed by atoms with van der Waals surface area (Å²) in [5.74, 6) is 1.17. The number of anilines is 2. The predicted octanol–water partition coefficient (Wildman–Crippen LogP) is 2.96. The molecule has 3 aromatic rings. The van der Waals surface area contributed by atoms with Gasteiger partial charge in [-0.2, -0.15) is 4.39 Å². The van der Waals surface area contributed by atoms with Crippen molar-refractivity contribution in [3.05, 3.63) is 54.0 Å². The van der Waals surface area contributed by atoms with Crippen molar-refractivity contribution in [1.82, 2.24) is 24.9 Å². The Labute approximate surface area is 179 Å². The van der Waals surface area contributed by atoms with Gasteiger partial charge in [-0.15, -0.1) is 0 Å². The molecule has 2 aliphatic heterocycles. The number of nitrogens with zero attached hydrogens (tertiary/aromatic N) is 7. The first-order valence-corrected chi connectivity index (χ1v) is 10.4. The van der Waals surface area contributed by atoms with Gasteiger partial charge in [0, 0.05) is 62.2 Å². The summed E-state index contributed by atoms with van der Waals surface area (Å²) in [4.78, 5) is 37.7. The number of carbonyl (C=O) groups is 1. The highest BCUT2D eigenvalue weighted by Gasteiger charge is 2.31. The molecule has 0 aliphatic carbocycles. The first-order chi connectivity index (χ1) is 15.0. The van der Waals surface area contributed by atoms with E-state index in [9.17, 15) is 9.18 Å². The zero-order valence-corrected chi connectivity index (χ0v) is 17.4. The molecule has 0 radical (unpaired) electrons. The van der Waals surface area contributed by atoms with Crippen LogP contribution < -0.4 is 9.80 Å². The van der Waals surface area contributed by atoms with E-state index in [1.165, 1.54) is 6.07 Å². The van der Waals surface area contributed by atoms with Crippen LogP contribution in [0.25, 0.3) is 11.6 Å². The average molecular weight is 419 g/mol. The molecular weight excluding hydrogens is 397 g/mol. The van der Waals surface area contributed by atoms with E-state index in [2.05, 4.69) is 24.9 Å². The van der Waals surface area contributed by atoms with Gasteiger partial charge >= 0.3 is 0 Å². The third-order valence-electron chi connectivity index (χ3n) is 5.86. The van der Waals surface area contributed by atoms with Crippen molar-refractivity contribution in [3.8, 4) is 11.6 Å². The maximum absolute atomic E-state index is 14.4. The Morgan fingerprint density at radius 3 is 2.61 bits per heavy atom. The lowest BCUT2D eigenvalue weighted by atomic mass is 9.99. The smallest absolute Gasteiger partial charge is 0.227 e. The van der Waals surface area contributed by atoms with E-state index in [1.54, 1.807) is 35.6 Å². The van der Waals surface area contributed by atoms with Crippen LogP contribution in [0, 0.1) is 11.9 Å². The molecule has 0 saturated carbocycles. The molecule has 5 rings (SSSR count). The van der Waals surface area contributed by atoms with Gasteiger partial charge in [-0.05, 0) is 18.9 Å². The van der Waals surface area contributed by atoms with Crippen LogP contribution in [-0.4, -0.2) is 43.9 Å². The highest BCUT2D eigenvalue weighted by molar-refractivity contribution is 5.96. The number of hydrogen-bond acceptors (Lipinski definition) is 7. The molecule has 0 N–H and O–H groups in total. The summed E-state index contributed by atoms with van der Waals surface area (Å²) in [5, 5.41) is 0. The Kier molecular flexibility index (Phi) is 4.80. The molecule has 5 heterocycles. The van der Waals surface area contributed by atoms with Crippen LogP contribution in [-0.2, 0) is 11.2 Å². The number of hydrogen-bond donors (Lipinski definition) is 0. The SMILES string of the molecule is CC1CC(=O)N(c2cc(F)nc(N3CCc4nc(-c5ncccn5)ncc4C3C)c2)C1. The normalized spacial score (nSPS) is 20.8. The van der Waals surface area contributed by atoms with Crippen molar-refractivity contribution in [3.63, 3.8) is 0 Å². The standard InChI is InChI=1S/C22H22FN7O/c1-13-8-20(31)30(12-13)15-9-18(23)28-19(10-15)29-7-4-17-16(14(29)2)11-26-22(27-17)21-24-5-3-6-25-21/h3,5-6,9-11,13-14H,4,7-8,12H2,1-2H3. The van der Waals surface area contributed by atoms with Gasteiger partial charge < -0.3 is 9.80 Å². The van der Waals surface area contributed by atoms with Crippen molar-refractivity contribution in [1.29, 1.82) is 0 Å². The average Bonchev–Trinajstić information content (AvgIpc) is 3.12. The van der Waals surface area contributed by atoms with Gasteiger partial charge in [0.1, 0.15) is 5.82 Å². The Balaban J connectivity index is 1.45.